The van der Waals surface area contributed by atoms with Gasteiger partial charge in [-0.25, -0.2) is 5.01 Å². The van der Waals surface area contributed by atoms with Crippen LogP contribution >= 0.6 is 23.2 Å². The summed E-state index contributed by atoms with van der Waals surface area (Å²) < 4.78 is 0. The molecule has 0 saturated heterocycles. The van der Waals surface area contributed by atoms with Crippen LogP contribution in [-0.2, 0) is 0 Å². The number of nitro benzene ring substituents is 2. The van der Waals surface area contributed by atoms with Crippen molar-refractivity contribution in [2.75, 3.05) is 0 Å². The number of non-ortho nitro benzene ring substituents is 1. The van der Waals surface area contributed by atoms with Gasteiger partial charge in [-0.2, -0.15) is 5.10 Å². The number of allylic oxidation sites excluding steroid dienone is 1. The van der Waals surface area contributed by atoms with E-state index in [4.69, 9.17) is 28.3 Å². The number of hydrogen-bond acceptors (Lipinski definition) is 6. The van der Waals surface area contributed by atoms with Crippen molar-refractivity contribution in [3.8, 4) is 0 Å². The van der Waals surface area contributed by atoms with Crippen LogP contribution in [0.15, 0.2) is 77.4 Å². The van der Waals surface area contributed by atoms with Crippen LogP contribution in [0.1, 0.15) is 47.3 Å². The predicted octanol–water partition coefficient (Wildman–Crippen LogP) is 7.49. The summed E-state index contributed by atoms with van der Waals surface area (Å²) in [4.78, 5) is 35.4. The van der Waals surface area contributed by atoms with Gasteiger partial charge < -0.3 is 0 Å². The van der Waals surface area contributed by atoms with Crippen LogP contribution in [0.25, 0.3) is 6.08 Å². The molecule has 5 rings (SSSR count). The lowest BCUT2D eigenvalue weighted by Crippen LogP contribution is -2.33. The van der Waals surface area contributed by atoms with E-state index < -0.39 is 33.2 Å². The standard InChI is InChI=1S/C28H22Cl2N4O5/c1-16-12-19(14-17-2-6-20(29)7-3-17)26-24(13-16)27(18-4-8-21(30)9-5-18)32(31-26)28(35)23-11-10-22(33(36)37)15-25(23)34(38)39/h2-11,14-16,24,27H,12-13H2,1H3/b19-14-. The minimum Gasteiger partial charge on any atom is -0.267 e. The first-order chi connectivity index (χ1) is 18.6. The fourth-order valence-electron chi connectivity index (χ4n) is 5.30. The topological polar surface area (TPSA) is 119 Å². The zero-order valence-corrected chi connectivity index (χ0v) is 22.2. The van der Waals surface area contributed by atoms with Crippen molar-refractivity contribution in [3.05, 3.63) is 119 Å². The van der Waals surface area contributed by atoms with Gasteiger partial charge in [0.15, 0.2) is 0 Å². The molecule has 3 atom stereocenters. The van der Waals surface area contributed by atoms with Crippen molar-refractivity contribution in [1.82, 2.24) is 5.01 Å². The van der Waals surface area contributed by atoms with E-state index in [2.05, 4.69) is 6.92 Å². The second-order valence-corrected chi connectivity index (χ2v) is 10.6. The van der Waals surface area contributed by atoms with E-state index in [1.54, 1.807) is 24.3 Å². The molecule has 1 saturated carbocycles. The Morgan fingerprint density at radius 2 is 1.62 bits per heavy atom. The zero-order chi connectivity index (χ0) is 27.8. The first-order valence-electron chi connectivity index (χ1n) is 12.2. The van der Waals surface area contributed by atoms with Crippen LogP contribution in [0.2, 0.25) is 10.0 Å². The molecule has 0 spiro atoms. The Morgan fingerprint density at radius 3 is 2.23 bits per heavy atom. The van der Waals surface area contributed by atoms with Gasteiger partial charge in [-0.15, -0.1) is 0 Å². The lowest BCUT2D eigenvalue weighted by molar-refractivity contribution is -0.394. The molecule has 39 heavy (non-hydrogen) atoms. The maximum atomic E-state index is 13.9. The number of nitro groups is 2. The fourth-order valence-corrected chi connectivity index (χ4v) is 5.55. The third kappa shape index (κ3) is 5.28. The van der Waals surface area contributed by atoms with Crippen LogP contribution < -0.4 is 0 Å². The summed E-state index contributed by atoms with van der Waals surface area (Å²) in [7, 11) is 0. The molecule has 3 unspecified atom stereocenters. The Bertz CT molecular complexity index is 1540. The summed E-state index contributed by atoms with van der Waals surface area (Å²) >= 11 is 12.2. The van der Waals surface area contributed by atoms with Gasteiger partial charge in [-0.1, -0.05) is 54.4 Å². The van der Waals surface area contributed by atoms with Crippen molar-refractivity contribution in [3.63, 3.8) is 0 Å². The molecule has 3 aromatic rings. The number of hydrazone groups is 1. The average Bonchev–Trinajstić information content (AvgIpc) is 3.29. The van der Waals surface area contributed by atoms with E-state index in [9.17, 15) is 25.0 Å². The maximum absolute atomic E-state index is 13.9. The molecule has 0 N–H and O–H groups in total. The summed E-state index contributed by atoms with van der Waals surface area (Å²) in [5, 5.41) is 30.2. The zero-order valence-electron chi connectivity index (χ0n) is 20.7. The fraction of sp³-hybridized carbons (Fsp3) is 0.214. The van der Waals surface area contributed by atoms with E-state index in [0.717, 1.165) is 53.5 Å². The van der Waals surface area contributed by atoms with Crippen LogP contribution in [0.5, 0.6) is 0 Å². The predicted molar refractivity (Wildman–Crippen MR) is 149 cm³/mol. The lowest BCUT2D eigenvalue weighted by Gasteiger charge is -2.32. The van der Waals surface area contributed by atoms with Gasteiger partial charge in [0.1, 0.15) is 5.56 Å². The van der Waals surface area contributed by atoms with Gasteiger partial charge in [0.25, 0.3) is 17.3 Å². The van der Waals surface area contributed by atoms with E-state index >= 15 is 0 Å². The highest BCUT2D eigenvalue weighted by molar-refractivity contribution is 6.30. The van der Waals surface area contributed by atoms with Gasteiger partial charge >= 0.3 is 0 Å². The normalized spacial score (nSPS) is 21.4. The van der Waals surface area contributed by atoms with E-state index in [1.807, 2.05) is 30.3 Å². The number of benzene rings is 3. The number of rotatable bonds is 5. The Labute approximate surface area is 233 Å². The molecule has 0 aromatic heterocycles. The van der Waals surface area contributed by atoms with Gasteiger partial charge in [0, 0.05) is 22.0 Å². The van der Waals surface area contributed by atoms with Gasteiger partial charge in [-0.05, 0) is 71.9 Å². The van der Waals surface area contributed by atoms with Gasteiger partial charge in [0.05, 0.1) is 27.7 Å². The molecular weight excluding hydrogens is 543 g/mol. The van der Waals surface area contributed by atoms with Crippen LogP contribution in [0.4, 0.5) is 11.4 Å². The Morgan fingerprint density at radius 1 is 0.974 bits per heavy atom. The first-order valence-corrected chi connectivity index (χ1v) is 12.9. The number of amides is 1. The molecule has 2 aliphatic rings. The highest BCUT2D eigenvalue weighted by atomic mass is 35.5. The Hall–Kier alpha value is -4.08. The van der Waals surface area contributed by atoms with Gasteiger partial charge in [0.2, 0.25) is 0 Å². The van der Waals surface area contributed by atoms with Crippen molar-refractivity contribution in [1.29, 1.82) is 0 Å². The molecule has 1 amide bonds. The molecule has 198 valence electrons. The smallest absolute Gasteiger partial charge is 0.267 e. The van der Waals surface area contributed by atoms with Crippen molar-refractivity contribution < 1.29 is 14.6 Å². The average molecular weight is 565 g/mol. The van der Waals surface area contributed by atoms with Crippen molar-refractivity contribution >= 4 is 52.3 Å². The number of carbonyl (C=O) groups is 1. The van der Waals surface area contributed by atoms with Crippen LogP contribution in [0.3, 0.4) is 0 Å². The summed E-state index contributed by atoms with van der Waals surface area (Å²) in [5.41, 5.74) is 2.02. The monoisotopic (exact) mass is 564 g/mol. The number of halogens is 2. The number of hydrogen-bond donors (Lipinski definition) is 0. The van der Waals surface area contributed by atoms with E-state index in [1.165, 1.54) is 5.01 Å². The summed E-state index contributed by atoms with van der Waals surface area (Å²) in [5.74, 6) is -0.600. The largest absolute Gasteiger partial charge is 0.289 e. The highest BCUT2D eigenvalue weighted by Crippen LogP contribution is 2.47. The Balaban J connectivity index is 1.64. The maximum Gasteiger partial charge on any atom is 0.289 e. The molecule has 1 aliphatic heterocycles. The minimum absolute atomic E-state index is 0.172. The first kappa shape index (κ1) is 26.5. The molecule has 3 aromatic carbocycles. The molecule has 0 bridgehead atoms. The lowest BCUT2D eigenvalue weighted by atomic mass is 9.73. The van der Waals surface area contributed by atoms with E-state index in [-0.39, 0.29) is 17.4 Å². The molecule has 9 nitrogen and oxygen atoms in total. The third-order valence-electron chi connectivity index (χ3n) is 7.01. The number of nitrogens with zero attached hydrogens (tertiary/aromatic N) is 4. The Kier molecular flexibility index (Phi) is 7.20. The van der Waals surface area contributed by atoms with Crippen LogP contribution in [-0.4, -0.2) is 26.5 Å². The molecule has 1 aliphatic carbocycles. The third-order valence-corrected chi connectivity index (χ3v) is 7.52. The van der Waals surface area contributed by atoms with Crippen molar-refractivity contribution in [2.24, 2.45) is 16.9 Å². The summed E-state index contributed by atoms with van der Waals surface area (Å²) in [6.07, 6.45) is 3.51. The molecular formula is C28H22Cl2N4O5. The molecule has 11 heteroatoms. The van der Waals surface area contributed by atoms with Crippen molar-refractivity contribution in [2.45, 2.75) is 25.8 Å². The second-order valence-electron chi connectivity index (χ2n) is 9.72. The number of fused-ring (bicyclic) bond motifs is 1. The van der Waals surface area contributed by atoms with E-state index in [0.29, 0.717) is 10.0 Å². The minimum atomic E-state index is -0.790. The molecule has 1 heterocycles. The summed E-state index contributed by atoms with van der Waals surface area (Å²) in [6, 6.07) is 16.9. The highest BCUT2D eigenvalue weighted by Gasteiger charge is 2.46. The second kappa shape index (κ2) is 10.6. The SMILES string of the molecule is CC1C/C(=C/c2ccc(Cl)cc2)C2=NN(C(=O)c3ccc([N+](=O)[O-])cc3[N+](=O)[O-])C(c3ccc(Cl)cc3)C2C1. The molecule has 0 radical (unpaired) electrons. The van der Waals surface area contributed by atoms with Gasteiger partial charge in [-0.3, -0.25) is 25.0 Å². The summed E-state index contributed by atoms with van der Waals surface area (Å²) in [6.45, 7) is 2.14. The number of carbonyl (C=O) groups excluding carboxylic acids is 1. The molecule has 1 fully saturated rings. The van der Waals surface area contributed by atoms with Crippen LogP contribution in [0, 0.1) is 32.1 Å². The quantitative estimate of drug-likeness (QED) is 0.235.